The molecule has 1 aromatic heterocycles. The highest BCUT2D eigenvalue weighted by Crippen LogP contribution is 2.44. The third kappa shape index (κ3) is 2.30. The zero-order valence-electron chi connectivity index (χ0n) is 10.9. The molecule has 1 spiro atoms. The van der Waals surface area contributed by atoms with Crippen LogP contribution in [-0.4, -0.2) is 22.3 Å². The Morgan fingerprint density at radius 2 is 2.17 bits per heavy atom. The van der Waals surface area contributed by atoms with E-state index in [0.29, 0.717) is 17.9 Å². The molecule has 2 heterocycles. The number of rotatable bonds is 2. The quantitative estimate of drug-likeness (QED) is 0.822. The van der Waals surface area contributed by atoms with Crippen LogP contribution in [0.2, 0.25) is 0 Å². The van der Waals surface area contributed by atoms with E-state index in [4.69, 9.17) is 0 Å². The van der Waals surface area contributed by atoms with Crippen molar-refractivity contribution in [2.24, 2.45) is 5.41 Å². The van der Waals surface area contributed by atoms with Gasteiger partial charge in [-0.25, -0.2) is 4.98 Å². The number of aryl methyl sites for hydroxylation is 1. The SMILES string of the molecule is Cc1nc(CN2CC3(CCCCC3)CC2=O)cs1. The van der Waals surface area contributed by atoms with Gasteiger partial charge in [0.1, 0.15) is 0 Å². The molecule has 1 saturated heterocycles. The summed E-state index contributed by atoms with van der Waals surface area (Å²) >= 11 is 1.67. The van der Waals surface area contributed by atoms with E-state index >= 15 is 0 Å². The van der Waals surface area contributed by atoms with Crippen LogP contribution in [0.5, 0.6) is 0 Å². The number of hydrogen-bond acceptors (Lipinski definition) is 3. The summed E-state index contributed by atoms with van der Waals surface area (Å²) in [5.74, 6) is 0.336. The van der Waals surface area contributed by atoms with E-state index in [1.807, 2.05) is 11.8 Å². The van der Waals surface area contributed by atoms with Crippen molar-refractivity contribution in [3.63, 3.8) is 0 Å². The average Bonchev–Trinajstić information content (AvgIpc) is 2.86. The molecule has 4 heteroatoms. The van der Waals surface area contributed by atoms with Crippen LogP contribution >= 0.6 is 11.3 Å². The summed E-state index contributed by atoms with van der Waals surface area (Å²) in [7, 11) is 0. The van der Waals surface area contributed by atoms with Crippen molar-refractivity contribution < 1.29 is 4.79 Å². The Hall–Kier alpha value is -0.900. The minimum absolute atomic E-state index is 0.306. The van der Waals surface area contributed by atoms with Gasteiger partial charge >= 0.3 is 0 Å². The van der Waals surface area contributed by atoms with Crippen molar-refractivity contribution in [1.29, 1.82) is 0 Å². The zero-order chi connectivity index (χ0) is 12.6. The van der Waals surface area contributed by atoms with Gasteiger partial charge in [-0.3, -0.25) is 4.79 Å². The van der Waals surface area contributed by atoms with Crippen LogP contribution in [0.15, 0.2) is 5.38 Å². The minimum atomic E-state index is 0.306. The Balaban J connectivity index is 1.68. The standard InChI is InChI=1S/C14H20N2OS/c1-11-15-12(9-18-11)8-16-10-14(7-13(16)17)5-3-2-4-6-14/h9H,2-8,10H2,1H3. The highest BCUT2D eigenvalue weighted by molar-refractivity contribution is 7.09. The number of amides is 1. The molecule has 1 saturated carbocycles. The summed E-state index contributed by atoms with van der Waals surface area (Å²) in [5, 5.41) is 3.16. The second-order valence-corrected chi connectivity index (χ2v) is 6.91. The average molecular weight is 264 g/mol. The first-order chi connectivity index (χ1) is 8.67. The van der Waals surface area contributed by atoms with E-state index in [1.165, 1.54) is 32.1 Å². The summed E-state index contributed by atoms with van der Waals surface area (Å²) in [6, 6.07) is 0. The van der Waals surface area contributed by atoms with Crippen LogP contribution in [0.25, 0.3) is 0 Å². The lowest BCUT2D eigenvalue weighted by molar-refractivity contribution is -0.128. The highest BCUT2D eigenvalue weighted by atomic mass is 32.1. The predicted octanol–water partition coefficient (Wildman–Crippen LogP) is 3.13. The molecule has 1 aliphatic heterocycles. The van der Waals surface area contributed by atoms with Crippen molar-refractivity contribution in [2.75, 3.05) is 6.54 Å². The van der Waals surface area contributed by atoms with Crippen molar-refractivity contribution in [1.82, 2.24) is 9.88 Å². The number of thiazole rings is 1. The van der Waals surface area contributed by atoms with Crippen molar-refractivity contribution in [3.8, 4) is 0 Å². The summed E-state index contributed by atoms with van der Waals surface area (Å²) in [4.78, 5) is 18.7. The highest BCUT2D eigenvalue weighted by Gasteiger charge is 2.43. The number of likely N-dealkylation sites (tertiary alicyclic amines) is 1. The lowest BCUT2D eigenvalue weighted by Gasteiger charge is -2.32. The van der Waals surface area contributed by atoms with E-state index < -0.39 is 0 Å². The van der Waals surface area contributed by atoms with Gasteiger partial charge in [-0.1, -0.05) is 19.3 Å². The first-order valence-electron chi connectivity index (χ1n) is 6.86. The van der Waals surface area contributed by atoms with Gasteiger partial charge in [0.25, 0.3) is 0 Å². The van der Waals surface area contributed by atoms with Crippen LogP contribution in [0.1, 0.15) is 49.2 Å². The number of aromatic nitrogens is 1. The Kier molecular flexibility index (Phi) is 3.14. The van der Waals surface area contributed by atoms with E-state index in [2.05, 4.69) is 10.4 Å². The maximum absolute atomic E-state index is 12.2. The topological polar surface area (TPSA) is 33.2 Å². The molecule has 0 N–H and O–H groups in total. The third-order valence-corrected chi connectivity index (χ3v) is 5.16. The van der Waals surface area contributed by atoms with Crippen LogP contribution < -0.4 is 0 Å². The summed E-state index contributed by atoms with van der Waals surface area (Å²) in [5.41, 5.74) is 1.36. The van der Waals surface area contributed by atoms with E-state index in [1.54, 1.807) is 11.3 Å². The minimum Gasteiger partial charge on any atom is -0.336 e. The lowest BCUT2D eigenvalue weighted by atomic mass is 9.73. The molecule has 0 unspecified atom stereocenters. The summed E-state index contributed by atoms with van der Waals surface area (Å²) < 4.78 is 0. The van der Waals surface area contributed by atoms with Gasteiger partial charge in [0.15, 0.2) is 0 Å². The predicted molar refractivity (Wildman–Crippen MR) is 72.4 cm³/mol. The zero-order valence-corrected chi connectivity index (χ0v) is 11.8. The van der Waals surface area contributed by atoms with Crippen molar-refractivity contribution in [2.45, 2.75) is 52.0 Å². The van der Waals surface area contributed by atoms with Crippen LogP contribution in [-0.2, 0) is 11.3 Å². The molecule has 1 aliphatic carbocycles. The molecular weight excluding hydrogens is 244 g/mol. The van der Waals surface area contributed by atoms with Crippen LogP contribution in [0, 0.1) is 12.3 Å². The first kappa shape index (κ1) is 12.2. The molecule has 3 rings (SSSR count). The molecule has 0 aromatic carbocycles. The Morgan fingerprint density at radius 1 is 1.39 bits per heavy atom. The fourth-order valence-electron chi connectivity index (χ4n) is 3.44. The fourth-order valence-corrected chi connectivity index (χ4v) is 4.04. The molecular formula is C14H20N2OS. The van der Waals surface area contributed by atoms with Crippen molar-refractivity contribution >= 4 is 17.2 Å². The largest absolute Gasteiger partial charge is 0.336 e. The molecule has 2 aliphatic rings. The maximum Gasteiger partial charge on any atom is 0.223 e. The summed E-state index contributed by atoms with van der Waals surface area (Å²) in [6.07, 6.45) is 7.21. The Labute approximate surface area is 112 Å². The molecule has 3 nitrogen and oxygen atoms in total. The van der Waals surface area contributed by atoms with E-state index in [-0.39, 0.29) is 0 Å². The van der Waals surface area contributed by atoms with Gasteiger partial charge in [-0.05, 0) is 25.2 Å². The molecule has 18 heavy (non-hydrogen) atoms. The van der Waals surface area contributed by atoms with Gasteiger partial charge < -0.3 is 4.90 Å². The second-order valence-electron chi connectivity index (χ2n) is 5.85. The molecule has 0 atom stereocenters. The number of carbonyl (C=O) groups is 1. The van der Waals surface area contributed by atoms with Crippen LogP contribution in [0.3, 0.4) is 0 Å². The van der Waals surface area contributed by atoms with Gasteiger partial charge in [0.2, 0.25) is 5.91 Å². The smallest absolute Gasteiger partial charge is 0.223 e. The third-order valence-electron chi connectivity index (χ3n) is 4.34. The Bertz CT molecular complexity index is 448. The normalized spacial score (nSPS) is 22.9. The molecule has 0 bridgehead atoms. The number of carbonyl (C=O) groups excluding carboxylic acids is 1. The fraction of sp³-hybridized carbons (Fsp3) is 0.714. The van der Waals surface area contributed by atoms with Gasteiger partial charge in [0, 0.05) is 18.3 Å². The summed E-state index contributed by atoms with van der Waals surface area (Å²) in [6.45, 7) is 3.69. The monoisotopic (exact) mass is 264 g/mol. The van der Waals surface area contributed by atoms with E-state index in [0.717, 1.165) is 23.7 Å². The number of nitrogens with zero attached hydrogens (tertiary/aromatic N) is 2. The van der Waals surface area contributed by atoms with Gasteiger partial charge in [-0.2, -0.15) is 0 Å². The van der Waals surface area contributed by atoms with E-state index in [9.17, 15) is 4.79 Å². The molecule has 1 amide bonds. The van der Waals surface area contributed by atoms with Gasteiger partial charge in [-0.15, -0.1) is 11.3 Å². The van der Waals surface area contributed by atoms with Crippen molar-refractivity contribution in [3.05, 3.63) is 16.1 Å². The first-order valence-corrected chi connectivity index (χ1v) is 7.74. The van der Waals surface area contributed by atoms with Gasteiger partial charge in [0.05, 0.1) is 17.2 Å². The lowest BCUT2D eigenvalue weighted by Crippen LogP contribution is -2.29. The van der Waals surface area contributed by atoms with Crippen LogP contribution in [0.4, 0.5) is 0 Å². The molecule has 98 valence electrons. The Morgan fingerprint density at radius 3 is 2.83 bits per heavy atom. The molecule has 0 radical (unpaired) electrons. The molecule has 2 fully saturated rings. The number of hydrogen-bond donors (Lipinski definition) is 0. The maximum atomic E-state index is 12.2. The molecule has 1 aromatic rings. The second kappa shape index (κ2) is 4.65.